The third-order valence-electron chi connectivity index (χ3n) is 3.64. The fourth-order valence-corrected chi connectivity index (χ4v) is 4.88. The van der Waals surface area contributed by atoms with E-state index in [1.165, 1.54) is 27.4 Å². The summed E-state index contributed by atoms with van der Waals surface area (Å²) in [6, 6.07) is 5.18. The first-order chi connectivity index (χ1) is 12.8. The van der Waals surface area contributed by atoms with Gasteiger partial charge in [-0.25, -0.2) is 8.42 Å². The van der Waals surface area contributed by atoms with Gasteiger partial charge >= 0.3 is 0 Å². The van der Waals surface area contributed by atoms with E-state index in [0.717, 1.165) is 11.8 Å². The number of hydrogen-bond donors (Lipinski definition) is 1. The lowest BCUT2D eigenvalue weighted by Crippen LogP contribution is -2.48. The van der Waals surface area contributed by atoms with Gasteiger partial charge in [-0.05, 0) is 24.6 Å². The lowest BCUT2D eigenvalue weighted by atomic mass is 10.1. The Balaban J connectivity index is 1.79. The molecule has 1 aromatic carbocycles. The molecule has 27 heavy (non-hydrogen) atoms. The molecule has 3 rings (SSSR count). The monoisotopic (exact) mass is 426 g/mol. The summed E-state index contributed by atoms with van der Waals surface area (Å²) in [7, 11) is -3.56. The summed E-state index contributed by atoms with van der Waals surface area (Å²) in [4.78, 5) is 12.6. The van der Waals surface area contributed by atoms with Crippen LogP contribution in [0.25, 0.3) is 0 Å². The van der Waals surface area contributed by atoms with Gasteiger partial charge < -0.3 is 4.74 Å². The number of ether oxygens (including phenoxy) is 1. The Morgan fingerprint density at radius 3 is 3.00 bits per heavy atom. The molecule has 2 heterocycles. The third kappa shape index (κ3) is 4.60. The van der Waals surface area contributed by atoms with Crippen molar-refractivity contribution in [1.29, 1.82) is 0 Å². The highest BCUT2D eigenvalue weighted by Crippen LogP contribution is 2.36. The molecule has 144 valence electrons. The minimum absolute atomic E-state index is 0.113. The van der Waals surface area contributed by atoms with Crippen LogP contribution in [-0.4, -0.2) is 49.2 Å². The Bertz CT molecular complexity index is 974. The normalized spacial score (nSPS) is 16.4. The zero-order chi connectivity index (χ0) is 19.6. The van der Waals surface area contributed by atoms with Crippen LogP contribution in [0.1, 0.15) is 5.56 Å². The molecule has 0 spiro atoms. The summed E-state index contributed by atoms with van der Waals surface area (Å²) in [5, 5.41) is 10.9. The smallest absolute Gasteiger partial charge is 0.269 e. The number of benzene rings is 1. The van der Waals surface area contributed by atoms with Crippen molar-refractivity contribution in [2.75, 3.05) is 28.2 Å². The van der Waals surface area contributed by atoms with Crippen LogP contribution in [0.5, 0.6) is 5.75 Å². The molecule has 0 aliphatic carbocycles. The third-order valence-corrected chi connectivity index (χ3v) is 6.75. The lowest BCUT2D eigenvalue weighted by Gasteiger charge is -2.33. The van der Waals surface area contributed by atoms with Crippen molar-refractivity contribution in [2.24, 2.45) is 0 Å². The molecule has 1 N–H and O–H groups in total. The second-order valence-electron chi connectivity index (χ2n) is 5.83. The Kier molecular flexibility index (Phi) is 5.72. The van der Waals surface area contributed by atoms with Crippen molar-refractivity contribution >= 4 is 49.8 Å². The van der Waals surface area contributed by atoms with E-state index in [4.69, 9.17) is 4.74 Å². The fraction of sp³-hybridized carbons (Fsp3) is 0.312. The van der Waals surface area contributed by atoms with Crippen molar-refractivity contribution in [1.82, 2.24) is 10.2 Å². The van der Waals surface area contributed by atoms with Crippen LogP contribution >= 0.6 is 23.1 Å². The van der Waals surface area contributed by atoms with E-state index >= 15 is 0 Å². The Morgan fingerprint density at radius 2 is 2.30 bits per heavy atom. The van der Waals surface area contributed by atoms with E-state index in [1.807, 2.05) is 6.92 Å². The summed E-state index contributed by atoms with van der Waals surface area (Å²) in [5.41, 5.74) is 1.32. The van der Waals surface area contributed by atoms with E-state index in [9.17, 15) is 13.2 Å². The molecule has 1 aliphatic rings. The van der Waals surface area contributed by atoms with Crippen molar-refractivity contribution < 1.29 is 17.9 Å². The molecule has 0 radical (unpaired) electrons. The van der Waals surface area contributed by atoms with Crippen molar-refractivity contribution in [3.05, 3.63) is 36.4 Å². The van der Waals surface area contributed by atoms with Gasteiger partial charge in [0.05, 0.1) is 18.5 Å². The first-order valence-electron chi connectivity index (χ1n) is 7.91. The highest BCUT2D eigenvalue weighted by Gasteiger charge is 2.35. The molecule has 1 atom stereocenters. The molecular formula is C16H18N4O4S3. The molecule has 0 fully saturated rings. The number of rotatable bonds is 6. The zero-order valence-electron chi connectivity index (χ0n) is 14.7. The molecule has 1 aromatic heterocycles. The van der Waals surface area contributed by atoms with Crippen molar-refractivity contribution in [3.8, 4) is 5.75 Å². The minimum Gasteiger partial charge on any atom is -0.476 e. The van der Waals surface area contributed by atoms with Crippen molar-refractivity contribution in [3.63, 3.8) is 0 Å². The van der Waals surface area contributed by atoms with Gasteiger partial charge in [0.1, 0.15) is 5.75 Å². The molecule has 8 nitrogen and oxygen atoms in total. The van der Waals surface area contributed by atoms with Gasteiger partial charge in [-0.3, -0.25) is 14.4 Å². The number of amides is 1. The van der Waals surface area contributed by atoms with E-state index in [0.29, 0.717) is 26.7 Å². The predicted molar refractivity (Wildman–Crippen MR) is 107 cm³/mol. The van der Waals surface area contributed by atoms with Gasteiger partial charge in [0.2, 0.25) is 15.2 Å². The van der Waals surface area contributed by atoms with E-state index in [1.54, 1.807) is 24.3 Å². The first kappa shape index (κ1) is 19.6. The average molecular weight is 427 g/mol. The fourth-order valence-electron chi connectivity index (χ4n) is 2.45. The summed E-state index contributed by atoms with van der Waals surface area (Å²) in [6.45, 7) is 5.39. The maximum absolute atomic E-state index is 12.6. The first-order valence-corrected chi connectivity index (χ1v) is 11.6. The van der Waals surface area contributed by atoms with Gasteiger partial charge in [-0.15, -0.1) is 16.8 Å². The summed E-state index contributed by atoms with van der Waals surface area (Å²) >= 11 is 2.69. The van der Waals surface area contributed by atoms with E-state index in [-0.39, 0.29) is 6.54 Å². The number of fused-ring (bicyclic) bond motifs is 1. The predicted octanol–water partition coefficient (Wildman–Crippen LogP) is 2.29. The summed E-state index contributed by atoms with van der Waals surface area (Å²) < 4.78 is 32.0. The largest absolute Gasteiger partial charge is 0.476 e. The quantitative estimate of drug-likeness (QED) is 0.430. The van der Waals surface area contributed by atoms with Gasteiger partial charge in [0, 0.05) is 5.75 Å². The molecule has 2 aromatic rings. The average Bonchev–Trinajstić information content (AvgIpc) is 3.05. The highest BCUT2D eigenvalue weighted by molar-refractivity contribution is 8.01. The minimum atomic E-state index is -3.56. The van der Waals surface area contributed by atoms with Crippen LogP contribution in [-0.2, 0) is 14.8 Å². The van der Waals surface area contributed by atoms with Crippen molar-refractivity contribution in [2.45, 2.75) is 17.4 Å². The number of sulfonamides is 1. The number of aromatic nitrogens is 2. The zero-order valence-corrected chi connectivity index (χ0v) is 17.2. The summed E-state index contributed by atoms with van der Waals surface area (Å²) in [5.74, 6) is 0.562. The number of aryl methyl sites for hydroxylation is 1. The number of anilines is 2. The van der Waals surface area contributed by atoms with Crippen LogP contribution < -0.4 is 14.4 Å². The van der Waals surface area contributed by atoms with Crippen LogP contribution in [0.15, 0.2) is 35.2 Å². The molecule has 1 aliphatic heterocycles. The molecule has 0 unspecified atom stereocenters. The van der Waals surface area contributed by atoms with Gasteiger partial charge in [-0.1, -0.05) is 35.2 Å². The van der Waals surface area contributed by atoms with Gasteiger partial charge in [-0.2, -0.15) is 0 Å². The van der Waals surface area contributed by atoms with Crippen LogP contribution in [0.3, 0.4) is 0 Å². The highest BCUT2D eigenvalue weighted by atomic mass is 32.2. The Labute approximate surface area is 165 Å². The maximum Gasteiger partial charge on any atom is 0.269 e. The summed E-state index contributed by atoms with van der Waals surface area (Å²) in [6.07, 6.45) is 1.85. The number of thioether (sulfide) groups is 1. The van der Waals surface area contributed by atoms with E-state index in [2.05, 4.69) is 22.1 Å². The van der Waals surface area contributed by atoms with Crippen LogP contribution in [0, 0.1) is 6.92 Å². The SMILES string of the molecule is C=CCSc1nnc(NC(=O)[C@H]2CN(S(C)(=O)=O)c3ccc(C)cc3O2)s1. The second kappa shape index (κ2) is 7.87. The molecular weight excluding hydrogens is 408 g/mol. The van der Waals surface area contributed by atoms with Crippen LogP contribution in [0.4, 0.5) is 10.8 Å². The molecule has 0 saturated heterocycles. The Morgan fingerprint density at radius 1 is 1.52 bits per heavy atom. The lowest BCUT2D eigenvalue weighted by molar-refractivity contribution is -0.122. The molecule has 1 amide bonds. The number of nitrogens with one attached hydrogen (secondary N) is 1. The standard InChI is InChI=1S/C16H18N4O4S3/c1-4-7-25-16-19-18-15(26-16)17-14(21)13-9-20(27(3,22)23)11-6-5-10(2)8-12(11)24-13/h4-6,8,13H,1,7,9H2,2-3H3,(H,17,18,21)/t13-/m1/s1. The number of carbonyl (C=O) groups excluding carboxylic acids is 1. The van der Waals surface area contributed by atoms with Gasteiger partial charge in [0.25, 0.3) is 5.91 Å². The Hall–Kier alpha value is -2.11. The second-order valence-corrected chi connectivity index (χ2v) is 9.99. The molecule has 0 saturated carbocycles. The topological polar surface area (TPSA) is 101 Å². The number of carbonyl (C=O) groups is 1. The maximum atomic E-state index is 12.6. The molecule has 11 heteroatoms. The van der Waals surface area contributed by atoms with Crippen LogP contribution in [0.2, 0.25) is 0 Å². The van der Waals surface area contributed by atoms with E-state index < -0.39 is 22.0 Å². The van der Waals surface area contributed by atoms with Gasteiger partial charge in [0.15, 0.2) is 10.4 Å². The number of nitrogens with zero attached hydrogens (tertiary/aromatic N) is 3. The number of hydrogen-bond acceptors (Lipinski definition) is 8. The molecule has 0 bridgehead atoms.